The molecule has 152 valence electrons. The number of para-hydroxylation sites is 1. The number of nitrogens with zero attached hydrogens (tertiary/aromatic N) is 4. The van der Waals surface area contributed by atoms with E-state index in [4.69, 9.17) is 0 Å². The molecule has 0 saturated carbocycles. The molecule has 5 rings (SSSR count). The summed E-state index contributed by atoms with van der Waals surface area (Å²) in [5.41, 5.74) is 7.83. The Labute approximate surface area is 180 Å². The van der Waals surface area contributed by atoms with Crippen molar-refractivity contribution < 1.29 is 4.79 Å². The minimum Gasteiger partial charge on any atom is -0.308 e. The van der Waals surface area contributed by atoms with Crippen LogP contribution in [-0.2, 0) is 11.2 Å². The smallest absolute Gasteiger partial charge is 0.237 e. The quantitative estimate of drug-likeness (QED) is 0.447. The van der Waals surface area contributed by atoms with E-state index < -0.39 is 0 Å². The Bertz CT molecular complexity index is 1310. The summed E-state index contributed by atoms with van der Waals surface area (Å²) in [6.45, 7) is 8.46. The predicted molar refractivity (Wildman–Crippen MR) is 123 cm³/mol. The molecule has 0 fully saturated rings. The monoisotopic (exact) mass is 416 g/mol. The first kappa shape index (κ1) is 19.1. The summed E-state index contributed by atoms with van der Waals surface area (Å²) in [5, 5.41) is 10.8. The molecule has 5 nitrogen and oxygen atoms in total. The van der Waals surface area contributed by atoms with Gasteiger partial charge in [0.05, 0.1) is 11.3 Å². The minimum atomic E-state index is 0.109. The number of carbonyl (C=O) groups is 1. The summed E-state index contributed by atoms with van der Waals surface area (Å²) in [4.78, 5) is 15.1. The van der Waals surface area contributed by atoms with Gasteiger partial charge in [0.15, 0.2) is 10.8 Å². The standard InChI is InChI=1S/C24H24N4OS/c1-14-9-16(3)23-19(10-14)15(2)11-21-25-26-24(28(21)23)30-13-22(29)27-17(4)12-18-7-5-6-8-20(18)27/h5-11,17H,12-13H2,1-4H3. The molecule has 1 aliphatic heterocycles. The Balaban J connectivity index is 1.50. The lowest BCUT2D eigenvalue weighted by Gasteiger charge is -2.22. The highest BCUT2D eigenvalue weighted by molar-refractivity contribution is 7.99. The zero-order valence-electron chi connectivity index (χ0n) is 17.6. The molecule has 0 spiro atoms. The molecular weight excluding hydrogens is 392 g/mol. The Kier molecular flexibility index (Phi) is 4.54. The molecule has 6 heteroatoms. The molecule has 4 aromatic rings. The van der Waals surface area contributed by atoms with Crippen LogP contribution >= 0.6 is 11.8 Å². The third-order valence-electron chi connectivity index (χ3n) is 5.90. The highest BCUT2D eigenvalue weighted by Crippen LogP contribution is 2.33. The fourth-order valence-electron chi connectivity index (χ4n) is 4.65. The van der Waals surface area contributed by atoms with E-state index in [1.165, 1.54) is 39.4 Å². The van der Waals surface area contributed by atoms with Gasteiger partial charge >= 0.3 is 0 Å². The van der Waals surface area contributed by atoms with Crippen molar-refractivity contribution in [2.75, 3.05) is 10.7 Å². The van der Waals surface area contributed by atoms with E-state index in [1.54, 1.807) is 0 Å². The second-order valence-corrected chi connectivity index (χ2v) is 9.16. The van der Waals surface area contributed by atoms with E-state index >= 15 is 0 Å². The SMILES string of the molecule is Cc1cc(C)c2c(c1)c(C)cc1nnc(SCC(=O)N3c4ccccc4CC3C)n12. The van der Waals surface area contributed by atoms with Gasteiger partial charge in [-0.05, 0) is 69.0 Å². The fourth-order valence-corrected chi connectivity index (χ4v) is 5.45. The van der Waals surface area contributed by atoms with Crippen molar-refractivity contribution in [2.45, 2.75) is 45.3 Å². The van der Waals surface area contributed by atoms with Crippen molar-refractivity contribution in [1.29, 1.82) is 0 Å². The molecule has 0 radical (unpaired) electrons. The number of carbonyl (C=O) groups excluding carboxylic acids is 1. The highest BCUT2D eigenvalue weighted by atomic mass is 32.2. The van der Waals surface area contributed by atoms with Crippen LogP contribution in [0.3, 0.4) is 0 Å². The van der Waals surface area contributed by atoms with Crippen molar-refractivity contribution in [1.82, 2.24) is 14.6 Å². The number of fused-ring (bicyclic) bond motifs is 4. The molecular formula is C24H24N4OS. The van der Waals surface area contributed by atoms with E-state index in [9.17, 15) is 4.79 Å². The number of anilines is 1. The molecule has 30 heavy (non-hydrogen) atoms. The van der Waals surface area contributed by atoms with Crippen LogP contribution in [0, 0.1) is 20.8 Å². The molecule has 1 amide bonds. The van der Waals surface area contributed by atoms with Gasteiger partial charge in [0.2, 0.25) is 5.91 Å². The Morgan fingerprint density at radius 1 is 1.10 bits per heavy atom. The number of hydrogen-bond donors (Lipinski definition) is 0. The maximum atomic E-state index is 13.1. The Hall–Kier alpha value is -2.86. The second kappa shape index (κ2) is 7.13. The van der Waals surface area contributed by atoms with Crippen LogP contribution in [-0.4, -0.2) is 32.3 Å². The number of aromatic nitrogens is 3. The lowest BCUT2D eigenvalue weighted by molar-refractivity contribution is -0.116. The molecule has 3 heterocycles. The molecule has 0 saturated heterocycles. The Morgan fingerprint density at radius 2 is 1.90 bits per heavy atom. The van der Waals surface area contributed by atoms with Crippen molar-refractivity contribution in [3.8, 4) is 0 Å². The molecule has 0 N–H and O–H groups in total. The summed E-state index contributed by atoms with van der Waals surface area (Å²) in [7, 11) is 0. The first-order valence-corrected chi connectivity index (χ1v) is 11.2. The van der Waals surface area contributed by atoms with Crippen molar-refractivity contribution in [3.05, 3.63) is 64.7 Å². The van der Waals surface area contributed by atoms with E-state index in [0.29, 0.717) is 5.75 Å². The predicted octanol–water partition coefficient (Wildman–Crippen LogP) is 4.88. The van der Waals surface area contributed by atoms with E-state index in [2.05, 4.69) is 66.6 Å². The number of aryl methyl sites for hydroxylation is 3. The zero-order chi connectivity index (χ0) is 21.0. The minimum absolute atomic E-state index is 0.109. The van der Waals surface area contributed by atoms with Gasteiger partial charge in [-0.25, -0.2) is 0 Å². The van der Waals surface area contributed by atoms with E-state index in [-0.39, 0.29) is 11.9 Å². The summed E-state index contributed by atoms with van der Waals surface area (Å²) >= 11 is 1.46. The maximum Gasteiger partial charge on any atom is 0.237 e. The van der Waals surface area contributed by atoms with E-state index in [0.717, 1.165) is 28.4 Å². The molecule has 1 atom stereocenters. The topological polar surface area (TPSA) is 50.5 Å². The van der Waals surface area contributed by atoms with Gasteiger partial charge in [-0.3, -0.25) is 9.20 Å². The number of pyridine rings is 1. The van der Waals surface area contributed by atoms with Crippen LogP contribution in [0.25, 0.3) is 16.6 Å². The number of amides is 1. The summed E-state index contributed by atoms with van der Waals surface area (Å²) in [6.07, 6.45) is 0.906. The number of thioether (sulfide) groups is 1. The average molecular weight is 417 g/mol. The van der Waals surface area contributed by atoms with Crippen LogP contribution in [0.15, 0.2) is 47.6 Å². The summed E-state index contributed by atoms with van der Waals surface area (Å²) in [5.74, 6) is 0.443. The van der Waals surface area contributed by atoms with Gasteiger partial charge in [0, 0.05) is 17.1 Å². The first-order chi connectivity index (χ1) is 14.4. The second-order valence-electron chi connectivity index (χ2n) is 8.22. The van der Waals surface area contributed by atoms with Crippen molar-refractivity contribution in [3.63, 3.8) is 0 Å². The molecule has 2 aromatic heterocycles. The molecule has 0 aliphatic carbocycles. The lowest BCUT2D eigenvalue weighted by atomic mass is 10.0. The third-order valence-corrected chi connectivity index (χ3v) is 6.81. The fraction of sp³-hybridized carbons (Fsp3) is 0.292. The van der Waals surface area contributed by atoms with Gasteiger partial charge in [-0.15, -0.1) is 10.2 Å². The number of rotatable bonds is 3. The number of benzene rings is 2. The lowest BCUT2D eigenvalue weighted by Crippen LogP contribution is -2.37. The van der Waals surface area contributed by atoms with Crippen LogP contribution in [0.1, 0.15) is 29.2 Å². The summed E-state index contributed by atoms with van der Waals surface area (Å²) < 4.78 is 2.09. The molecule has 1 unspecified atom stereocenters. The van der Waals surface area contributed by atoms with Crippen molar-refractivity contribution >= 4 is 39.9 Å². The van der Waals surface area contributed by atoms with Crippen LogP contribution in [0.5, 0.6) is 0 Å². The first-order valence-electron chi connectivity index (χ1n) is 10.2. The third kappa shape index (κ3) is 2.98. The van der Waals surface area contributed by atoms with Gasteiger partial charge in [0.1, 0.15) is 0 Å². The van der Waals surface area contributed by atoms with Crippen LogP contribution in [0.4, 0.5) is 5.69 Å². The Morgan fingerprint density at radius 3 is 2.73 bits per heavy atom. The largest absolute Gasteiger partial charge is 0.308 e. The van der Waals surface area contributed by atoms with Crippen LogP contribution < -0.4 is 4.90 Å². The average Bonchev–Trinajstić information content (AvgIpc) is 3.25. The highest BCUT2D eigenvalue weighted by Gasteiger charge is 2.30. The van der Waals surface area contributed by atoms with Gasteiger partial charge in [0.25, 0.3) is 0 Å². The molecule has 0 bridgehead atoms. The van der Waals surface area contributed by atoms with Gasteiger partial charge in [-0.2, -0.15) is 0 Å². The van der Waals surface area contributed by atoms with Gasteiger partial charge in [-0.1, -0.05) is 41.6 Å². The summed E-state index contributed by atoms with van der Waals surface area (Å²) in [6, 6.07) is 14.8. The molecule has 2 aromatic carbocycles. The zero-order valence-corrected chi connectivity index (χ0v) is 18.5. The normalized spacial score (nSPS) is 15.9. The van der Waals surface area contributed by atoms with Crippen LogP contribution in [0.2, 0.25) is 0 Å². The maximum absolute atomic E-state index is 13.1. The molecule has 1 aliphatic rings. The van der Waals surface area contributed by atoms with Gasteiger partial charge < -0.3 is 4.90 Å². The number of hydrogen-bond acceptors (Lipinski definition) is 4. The van der Waals surface area contributed by atoms with E-state index in [1.807, 2.05) is 23.1 Å². The van der Waals surface area contributed by atoms with Crippen molar-refractivity contribution in [2.24, 2.45) is 0 Å².